The Kier molecular flexibility index (Phi) is 10.7. The van der Waals surface area contributed by atoms with E-state index in [1.165, 1.54) is 0 Å². The van der Waals surface area contributed by atoms with Crippen LogP contribution in [0.5, 0.6) is 5.75 Å². The van der Waals surface area contributed by atoms with Gasteiger partial charge >= 0.3 is 5.97 Å². The Morgan fingerprint density at radius 1 is 0.980 bits per heavy atom. The van der Waals surface area contributed by atoms with Gasteiger partial charge in [0.2, 0.25) is 0 Å². The molecular formula is C41H51N5O5. The molecule has 8 rings (SSSR count). The fourth-order valence-electron chi connectivity index (χ4n) is 8.05. The van der Waals surface area contributed by atoms with Gasteiger partial charge in [0, 0.05) is 67.1 Å². The van der Waals surface area contributed by atoms with Gasteiger partial charge in [-0.05, 0) is 55.8 Å². The third-order valence-corrected chi connectivity index (χ3v) is 10.4. The second-order valence-corrected chi connectivity index (χ2v) is 14.2. The molecule has 0 unspecified atom stereocenters. The van der Waals surface area contributed by atoms with E-state index < -0.39 is 5.97 Å². The summed E-state index contributed by atoms with van der Waals surface area (Å²) in [5.74, 6) is -0.0361. The molecule has 5 aromatic rings. The zero-order chi connectivity index (χ0) is 35.4. The Hall–Kier alpha value is -4.22. The topological polar surface area (TPSA) is 103 Å². The molecule has 1 spiro atoms. The highest BCUT2D eigenvalue weighted by Crippen LogP contribution is 2.42. The molecule has 0 aliphatic carbocycles. The number of ether oxygens (including phenoxy) is 3. The largest absolute Gasteiger partial charge is 0.493 e. The number of fused-ring (bicyclic) bond motifs is 3. The van der Waals surface area contributed by atoms with E-state index in [0.29, 0.717) is 50.3 Å². The van der Waals surface area contributed by atoms with Crippen LogP contribution in [0.2, 0.25) is 0 Å². The zero-order valence-corrected chi connectivity index (χ0v) is 30.2. The number of hydrogen-bond donors (Lipinski definition) is 2. The quantitative estimate of drug-likeness (QED) is 0.157. The Labute approximate surface area is 300 Å². The lowest BCUT2D eigenvalue weighted by Crippen LogP contribution is -2.65. The third kappa shape index (κ3) is 7.15. The highest BCUT2D eigenvalue weighted by Gasteiger charge is 2.49. The van der Waals surface area contributed by atoms with Gasteiger partial charge in [0.1, 0.15) is 11.4 Å². The van der Waals surface area contributed by atoms with Gasteiger partial charge in [-0.15, -0.1) is 0 Å². The average Bonchev–Trinajstić information content (AvgIpc) is 3.57. The number of nitrogens with one attached hydrogen (secondary N) is 1. The first-order valence-corrected chi connectivity index (χ1v) is 18.5. The lowest BCUT2D eigenvalue weighted by atomic mass is 9.78. The van der Waals surface area contributed by atoms with Crippen molar-refractivity contribution in [1.29, 1.82) is 0 Å². The minimum atomic E-state index is -0.890. The maximum atomic E-state index is 13.0. The summed E-state index contributed by atoms with van der Waals surface area (Å²) < 4.78 is 21.9. The Bertz CT molecular complexity index is 1980. The van der Waals surface area contributed by atoms with Crippen molar-refractivity contribution in [2.45, 2.75) is 59.2 Å². The van der Waals surface area contributed by atoms with Gasteiger partial charge in [-0.2, -0.15) is 5.10 Å². The van der Waals surface area contributed by atoms with Crippen LogP contribution in [0.3, 0.4) is 0 Å². The van der Waals surface area contributed by atoms with Crippen molar-refractivity contribution in [2.75, 3.05) is 52.6 Å². The van der Waals surface area contributed by atoms with Crippen LogP contribution >= 0.6 is 0 Å². The normalized spacial score (nSPS) is 16.8. The molecule has 0 bridgehead atoms. The van der Waals surface area contributed by atoms with Gasteiger partial charge in [0.25, 0.3) is 0 Å². The number of aromatic carboxylic acids is 1. The van der Waals surface area contributed by atoms with E-state index in [2.05, 4.69) is 65.0 Å². The standard InChI is InChI=1S/C37H40N4O5.C4H11N/c1-39-31-20-44-17-5-4-16-41-34-27(12-7-13-29(34)33(31)30(38-39)19-40-21-37(22-40)23-45-24-37)28(35(41)36(42)43)14-8-18-46-32-15-6-10-25-9-2-3-11-26(25)32;1-3-5-4-2/h2-3,6-7,9-13,15H,4-5,8,14,16-24H2,1H3,(H,42,43);5H,3-4H2,1-2H3. The highest BCUT2D eigenvalue weighted by molar-refractivity contribution is 6.04. The first kappa shape index (κ1) is 35.2. The number of rotatable bonds is 10. The number of hydrogen-bond acceptors (Lipinski definition) is 7. The van der Waals surface area contributed by atoms with Gasteiger partial charge in [0.15, 0.2) is 0 Å². The number of aryl methyl sites for hydroxylation is 3. The predicted molar refractivity (Wildman–Crippen MR) is 200 cm³/mol. The van der Waals surface area contributed by atoms with Crippen LogP contribution in [-0.2, 0) is 42.6 Å². The minimum Gasteiger partial charge on any atom is -0.493 e. The maximum absolute atomic E-state index is 13.0. The van der Waals surface area contributed by atoms with E-state index in [0.717, 1.165) is 114 Å². The van der Waals surface area contributed by atoms with Gasteiger partial charge in [-0.1, -0.05) is 68.4 Å². The molecule has 0 saturated carbocycles. The van der Waals surface area contributed by atoms with E-state index in [-0.39, 0.29) is 0 Å². The predicted octanol–water partition coefficient (Wildman–Crippen LogP) is 6.66. The summed E-state index contributed by atoms with van der Waals surface area (Å²) in [7, 11) is 1.99. The van der Waals surface area contributed by atoms with Crippen molar-refractivity contribution >= 4 is 27.6 Å². The molecular weight excluding hydrogens is 642 g/mol. The molecule has 3 aliphatic rings. The van der Waals surface area contributed by atoms with Crippen molar-refractivity contribution in [3.8, 4) is 16.9 Å². The molecule has 2 saturated heterocycles. The number of carboxylic acid groups (broad SMARTS) is 1. The Balaban J connectivity index is 0.000000761. The average molecular weight is 694 g/mol. The van der Waals surface area contributed by atoms with E-state index in [9.17, 15) is 9.90 Å². The minimum absolute atomic E-state index is 0.316. The van der Waals surface area contributed by atoms with E-state index in [4.69, 9.17) is 19.3 Å². The summed E-state index contributed by atoms with van der Waals surface area (Å²) in [6, 6.07) is 20.6. The van der Waals surface area contributed by atoms with Crippen LogP contribution in [0.15, 0.2) is 60.7 Å². The highest BCUT2D eigenvalue weighted by atomic mass is 16.5. The second-order valence-electron chi connectivity index (χ2n) is 14.2. The fourth-order valence-corrected chi connectivity index (χ4v) is 8.05. The first-order chi connectivity index (χ1) is 24.9. The van der Waals surface area contributed by atoms with Crippen LogP contribution in [0.1, 0.15) is 60.5 Å². The molecule has 270 valence electrons. The molecule has 2 aromatic heterocycles. The molecule has 10 heteroatoms. The van der Waals surface area contributed by atoms with Gasteiger partial charge in [-0.25, -0.2) is 4.79 Å². The number of nitrogens with zero attached hydrogens (tertiary/aromatic N) is 4. The number of carboxylic acids is 1. The maximum Gasteiger partial charge on any atom is 0.352 e. The third-order valence-electron chi connectivity index (χ3n) is 10.4. The summed E-state index contributed by atoms with van der Waals surface area (Å²) in [6.45, 7) is 13.1. The SMILES string of the molecule is CCNCC.Cn1nc(CN2CC3(COC3)C2)c2c1COCCCCn1c(C(=O)O)c(CCCOc3cccc4ccccc34)c3cccc-2c31. The van der Waals surface area contributed by atoms with E-state index in [1.807, 2.05) is 36.0 Å². The Morgan fingerprint density at radius 3 is 2.49 bits per heavy atom. The number of likely N-dealkylation sites (tertiary alicyclic amines) is 1. The van der Waals surface area contributed by atoms with Crippen LogP contribution < -0.4 is 10.1 Å². The molecule has 10 nitrogen and oxygen atoms in total. The number of carbonyl (C=O) groups is 1. The van der Waals surface area contributed by atoms with Gasteiger partial charge in [0.05, 0.1) is 43.3 Å². The van der Waals surface area contributed by atoms with E-state index >= 15 is 0 Å². The monoisotopic (exact) mass is 693 g/mol. The van der Waals surface area contributed by atoms with Crippen molar-refractivity contribution in [3.05, 3.63) is 83.3 Å². The zero-order valence-electron chi connectivity index (χ0n) is 30.2. The molecule has 3 aliphatic heterocycles. The van der Waals surface area contributed by atoms with Gasteiger partial charge < -0.3 is 29.2 Å². The van der Waals surface area contributed by atoms with Crippen molar-refractivity contribution in [1.82, 2.24) is 24.6 Å². The van der Waals surface area contributed by atoms with Gasteiger partial charge in [-0.3, -0.25) is 9.58 Å². The number of aromatic nitrogens is 3. The lowest BCUT2D eigenvalue weighted by Gasteiger charge is -2.55. The van der Waals surface area contributed by atoms with Crippen LogP contribution in [0.4, 0.5) is 0 Å². The number of benzene rings is 3. The summed E-state index contributed by atoms with van der Waals surface area (Å²) >= 11 is 0. The molecule has 2 fully saturated rings. The van der Waals surface area contributed by atoms with Crippen molar-refractivity contribution in [2.24, 2.45) is 12.5 Å². The van der Waals surface area contributed by atoms with Crippen LogP contribution in [0.25, 0.3) is 32.8 Å². The van der Waals surface area contributed by atoms with Crippen molar-refractivity contribution < 1.29 is 24.1 Å². The smallest absolute Gasteiger partial charge is 0.352 e. The molecule has 0 radical (unpaired) electrons. The summed E-state index contributed by atoms with van der Waals surface area (Å²) in [4.78, 5) is 15.5. The molecule has 0 atom stereocenters. The molecule has 3 aromatic carbocycles. The Morgan fingerprint density at radius 2 is 1.75 bits per heavy atom. The summed E-state index contributed by atoms with van der Waals surface area (Å²) in [5, 5.41) is 22.0. The molecule has 2 N–H and O–H groups in total. The fraction of sp³-hybridized carbons (Fsp3) is 0.463. The second kappa shape index (κ2) is 15.6. The molecule has 5 heterocycles. The van der Waals surface area contributed by atoms with E-state index in [1.54, 1.807) is 0 Å². The molecule has 0 amide bonds. The summed E-state index contributed by atoms with van der Waals surface area (Å²) in [5.41, 5.74) is 6.70. The molecule has 51 heavy (non-hydrogen) atoms. The van der Waals surface area contributed by atoms with Crippen LogP contribution in [0, 0.1) is 5.41 Å². The first-order valence-electron chi connectivity index (χ1n) is 18.5. The lowest BCUT2D eigenvalue weighted by molar-refractivity contribution is -0.191. The number of para-hydroxylation sites is 1. The van der Waals surface area contributed by atoms with Crippen molar-refractivity contribution in [3.63, 3.8) is 0 Å². The van der Waals surface area contributed by atoms with Crippen LogP contribution in [-0.4, -0.2) is 82.9 Å². The summed E-state index contributed by atoms with van der Waals surface area (Å²) in [6.07, 6.45) is 2.99.